The topological polar surface area (TPSA) is 63.1 Å². The van der Waals surface area contributed by atoms with Gasteiger partial charge < -0.3 is 15.2 Å². The summed E-state index contributed by atoms with van der Waals surface area (Å²) >= 11 is 1.54. The van der Waals surface area contributed by atoms with E-state index in [9.17, 15) is 14.0 Å². The van der Waals surface area contributed by atoms with Crippen LogP contribution >= 0.6 is 11.3 Å². The molecule has 4 rings (SSSR count). The molecule has 0 spiro atoms. The van der Waals surface area contributed by atoms with Crippen molar-refractivity contribution in [2.75, 3.05) is 12.4 Å². The highest BCUT2D eigenvalue weighted by molar-refractivity contribution is 7.17. The number of nitrogens with zero attached hydrogens (tertiary/aromatic N) is 1. The summed E-state index contributed by atoms with van der Waals surface area (Å²) in [5.41, 5.74) is 3.15. The van der Waals surface area contributed by atoms with Gasteiger partial charge in [0.25, 0.3) is 11.8 Å². The largest absolute Gasteiger partial charge is 0.355 e. The Hall–Kier alpha value is -3.45. The van der Waals surface area contributed by atoms with E-state index in [2.05, 4.69) is 10.6 Å². The van der Waals surface area contributed by atoms with Crippen molar-refractivity contribution in [3.05, 3.63) is 88.7 Å². The van der Waals surface area contributed by atoms with Crippen LogP contribution in [0.5, 0.6) is 0 Å². The monoisotopic (exact) mass is 407 g/mol. The Bertz CT molecular complexity index is 1210. The molecule has 0 aliphatic heterocycles. The maximum atomic E-state index is 13.6. The maximum absolute atomic E-state index is 13.6. The van der Waals surface area contributed by atoms with E-state index in [0.717, 1.165) is 15.8 Å². The summed E-state index contributed by atoms with van der Waals surface area (Å²) in [7, 11) is 1.56. The Kier molecular flexibility index (Phi) is 5.14. The first kappa shape index (κ1) is 18.9. The van der Waals surface area contributed by atoms with Crippen LogP contribution in [0.3, 0.4) is 0 Å². The van der Waals surface area contributed by atoms with Gasteiger partial charge in [-0.3, -0.25) is 9.59 Å². The molecule has 7 heteroatoms. The van der Waals surface area contributed by atoms with Crippen LogP contribution in [0.2, 0.25) is 0 Å². The summed E-state index contributed by atoms with van der Waals surface area (Å²) in [5, 5.41) is 7.38. The van der Waals surface area contributed by atoms with Crippen molar-refractivity contribution in [3.63, 3.8) is 0 Å². The first-order valence-corrected chi connectivity index (χ1v) is 9.88. The molecule has 0 bridgehead atoms. The zero-order valence-corrected chi connectivity index (χ0v) is 16.4. The molecule has 0 unspecified atom stereocenters. The third-order valence-electron chi connectivity index (χ3n) is 4.59. The molecule has 5 nitrogen and oxygen atoms in total. The molecule has 4 aromatic rings. The summed E-state index contributed by atoms with van der Waals surface area (Å²) in [6.07, 6.45) is 0. The number of nitrogens with one attached hydrogen (secondary N) is 2. The fourth-order valence-corrected chi connectivity index (χ4v) is 4.05. The number of hydrogen-bond acceptors (Lipinski definition) is 3. The predicted octanol–water partition coefficient (Wildman–Crippen LogP) is 4.50. The second-order valence-corrected chi connectivity index (χ2v) is 7.48. The van der Waals surface area contributed by atoms with Crippen LogP contribution in [0, 0.1) is 5.82 Å². The van der Waals surface area contributed by atoms with E-state index in [1.54, 1.807) is 48.7 Å². The third-order valence-corrected chi connectivity index (χ3v) is 5.45. The zero-order chi connectivity index (χ0) is 20.4. The molecular weight excluding hydrogens is 389 g/mol. The van der Waals surface area contributed by atoms with E-state index in [1.807, 2.05) is 28.1 Å². The molecule has 0 saturated heterocycles. The maximum Gasteiger partial charge on any atom is 0.272 e. The van der Waals surface area contributed by atoms with Crippen LogP contribution in [-0.4, -0.2) is 23.4 Å². The van der Waals surface area contributed by atoms with Gasteiger partial charge in [-0.15, -0.1) is 11.3 Å². The van der Waals surface area contributed by atoms with Crippen LogP contribution in [0.25, 0.3) is 10.2 Å². The molecule has 0 aliphatic rings. The summed E-state index contributed by atoms with van der Waals surface area (Å²) in [6.45, 7) is 0.374. The highest BCUT2D eigenvalue weighted by Gasteiger charge is 2.17. The lowest BCUT2D eigenvalue weighted by Crippen LogP contribution is -2.19. The SMILES string of the molecule is CNC(=O)c1cccc(NC(=O)c2cc3sccc3n2Cc2cccc(F)c2)c1. The molecule has 0 saturated carbocycles. The summed E-state index contributed by atoms with van der Waals surface area (Å²) in [5.74, 6) is -0.830. The number of rotatable bonds is 5. The minimum atomic E-state index is -0.312. The van der Waals surface area contributed by atoms with E-state index in [-0.39, 0.29) is 17.6 Å². The Morgan fingerprint density at radius 2 is 1.86 bits per heavy atom. The smallest absolute Gasteiger partial charge is 0.272 e. The third kappa shape index (κ3) is 3.90. The highest BCUT2D eigenvalue weighted by atomic mass is 32.1. The highest BCUT2D eigenvalue weighted by Crippen LogP contribution is 2.27. The fourth-order valence-electron chi connectivity index (χ4n) is 3.23. The van der Waals surface area contributed by atoms with Crippen LogP contribution in [0.1, 0.15) is 26.4 Å². The minimum absolute atomic E-state index is 0.226. The van der Waals surface area contributed by atoms with Crippen molar-refractivity contribution in [2.45, 2.75) is 6.54 Å². The van der Waals surface area contributed by atoms with Crippen LogP contribution in [0.4, 0.5) is 10.1 Å². The number of hydrogen-bond donors (Lipinski definition) is 2. The number of carbonyl (C=O) groups excluding carboxylic acids is 2. The zero-order valence-electron chi connectivity index (χ0n) is 15.6. The predicted molar refractivity (Wildman–Crippen MR) is 113 cm³/mol. The van der Waals surface area contributed by atoms with Gasteiger partial charge in [0.2, 0.25) is 0 Å². The van der Waals surface area contributed by atoms with Crippen molar-refractivity contribution >= 4 is 39.1 Å². The first-order chi connectivity index (χ1) is 14.0. The van der Waals surface area contributed by atoms with Crippen molar-refractivity contribution in [2.24, 2.45) is 0 Å². The lowest BCUT2D eigenvalue weighted by Gasteiger charge is -2.12. The summed E-state index contributed by atoms with van der Waals surface area (Å²) in [4.78, 5) is 24.8. The lowest BCUT2D eigenvalue weighted by molar-refractivity contribution is 0.0961. The quantitative estimate of drug-likeness (QED) is 0.512. The Labute approximate surface area is 170 Å². The molecule has 0 fully saturated rings. The Balaban J connectivity index is 1.66. The van der Waals surface area contributed by atoms with Crippen molar-refractivity contribution in [1.29, 1.82) is 0 Å². The van der Waals surface area contributed by atoms with E-state index in [1.165, 1.54) is 12.1 Å². The number of benzene rings is 2. The summed E-state index contributed by atoms with van der Waals surface area (Å²) < 4.78 is 16.5. The molecule has 2 aromatic carbocycles. The number of halogens is 1. The van der Waals surface area contributed by atoms with E-state index >= 15 is 0 Å². The molecule has 0 radical (unpaired) electrons. The van der Waals surface area contributed by atoms with Gasteiger partial charge in [-0.2, -0.15) is 0 Å². The molecule has 2 N–H and O–H groups in total. The van der Waals surface area contributed by atoms with Gasteiger partial charge in [0.15, 0.2) is 0 Å². The number of carbonyl (C=O) groups is 2. The first-order valence-electron chi connectivity index (χ1n) is 9.00. The molecule has 0 atom stereocenters. The summed E-state index contributed by atoms with van der Waals surface area (Å²) in [6, 6.07) is 16.9. The number of thiophene rings is 1. The van der Waals surface area contributed by atoms with Crippen LogP contribution in [0.15, 0.2) is 66.0 Å². The fraction of sp³-hybridized carbons (Fsp3) is 0.0909. The van der Waals surface area contributed by atoms with E-state index < -0.39 is 0 Å². The number of fused-ring (bicyclic) bond motifs is 1. The molecular formula is C22H18FN3O2S. The molecule has 29 heavy (non-hydrogen) atoms. The average molecular weight is 407 g/mol. The van der Waals surface area contributed by atoms with Crippen LogP contribution in [-0.2, 0) is 6.54 Å². The van der Waals surface area contributed by atoms with Gasteiger partial charge in [0.1, 0.15) is 11.5 Å². The average Bonchev–Trinajstić information content (AvgIpc) is 3.30. The number of amides is 2. The van der Waals surface area contributed by atoms with E-state index in [4.69, 9.17) is 0 Å². The lowest BCUT2D eigenvalue weighted by atomic mass is 10.2. The normalized spacial score (nSPS) is 10.8. The molecule has 0 aliphatic carbocycles. The second kappa shape index (κ2) is 7.89. The van der Waals surface area contributed by atoms with Gasteiger partial charge in [-0.1, -0.05) is 18.2 Å². The molecule has 2 heterocycles. The van der Waals surface area contributed by atoms with E-state index in [0.29, 0.717) is 23.5 Å². The molecule has 146 valence electrons. The Morgan fingerprint density at radius 3 is 2.66 bits per heavy atom. The van der Waals surface area contributed by atoms with Crippen molar-refractivity contribution in [1.82, 2.24) is 9.88 Å². The standard InChI is InChI=1S/C22H18FN3O2S/c1-24-21(27)15-5-3-7-17(11-15)25-22(28)19-12-20-18(8-9-29-20)26(19)13-14-4-2-6-16(23)10-14/h2-12H,13H2,1H3,(H,24,27)(H,25,28). The molecule has 2 amide bonds. The second-order valence-electron chi connectivity index (χ2n) is 6.53. The van der Waals surface area contributed by atoms with Crippen molar-refractivity contribution in [3.8, 4) is 0 Å². The van der Waals surface area contributed by atoms with Gasteiger partial charge in [-0.05, 0) is 53.4 Å². The molecule has 2 aromatic heterocycles. The van der Waals surface area contributed by atoms with Gasteiger partial charge >= 0.3 is 0 Å². The Morgan fingerprint density at radius 1 is 1.03 bits per heavy atom. The number of anilines is 1. The minimum Gasteiger partial charge on any atom is -0.355 e. The van der Waals surface area contributed by atoms with Crippen LogP contribution < -0.4 is 10.6 Å². The number of aromatic nitrogens is 1. The van der Waals surface area contributed by atoms with Crippen molar-refractivity contribution < 1.29 is 14.0 Å². The van der Waals surface area contributed by atoms with Gasteiger partial charge in [-0.25, -0.2) is 4.39 Å². The van der Waals surface area contributed by atoms with Gasteiger partial charge in [0.05, 0.1) is 10.2 Å². The van der Waals surface area contributed by atoms with Gasteiger partial charge in [0, 0.05) is 24.8 Å².